The van der Waals surface area contributed by atoms with Gasteiger partial charge >= 0.3 is 13.9 Å². The SMILES string of the molecule is C[C@]1(COP(O)(=S)O[C@@H]2C[C@](CO)(CF)O[C@H]2n2nnc3c(=O)[nH]c(N)nc32)O[C@@H](n2cnc3c(N)ncnc32)[C@@H](F)[C@@H]1O[P+](=O)S. The smallest absolute Gasteiger partial charge is 0.393 e. The molecule has 26 heteroatoms. The number of aromatic nitrogens is 9. The number of imidazole rings is 1. The van der Waals surface area contributed by atoms with E-state index in [4.69, 9.17) is 46.3 Å². The van der Waals surface area contributed by atoms with Crippen molar-refractivity contribution in [3.8, 4) is 0 Å². The molecule has 0 bridgehead atoms. The molecule has 2 saturated heterocycles. The summed E-state index contributed by atoms with van der Waals surface area (Å²) in [6.45, 7) is -5.71. The minimum atomic E-state index is -4.37. The van der Waals surface area contributed by atoms with Crippen molar-refractivity contribution in [1.82, 2.24) is 44.5 Å². The second kappa shape index (κ2) is 12.5. The summed E-state index contributed by atoms with van der Waals surface area (Å²) in [5, 5.41) is 17.6. The number of fused-ring (bicyclic) bond motifs is 2. The molecule has 9 atom stereocenters. The largest absolute Gasteiger partial charge is 0.582 e. The molecule has 47 heavy (non-hydrogen) atoms. The molecule has 2 aliphatic rings. The molecule has 0 aliphatic carbocycles. The average molecular weight is 741 g/mol. The lowest BCUT2D eigenvalue weighted by Crippen LogP contribution is -2.44. The van der Waals surface area contributed by atoms with Gasteiger partial charge < -0.3 is 40.0 Å². The van der Waals surface area contributed by atoms with Gasteiger partial charge in [0, 0.05) is 6.42 Å². The van der Waals surface area contributed by atoms with E-state index in [2.05, 4.69) is 47.5 Å². The Morgan fingerprint density at radius 1 is 1.28 bits per heavy atom. The maximum absolute atomic E-state index is 16.0. The van der Waals surface area contributed by atoms with Gasteiger partial charge in [-0.2, -0.15) is 9.67 Å². The number of nitrogens with one attached hydrogen (secondary N) is 1. The van der Waals surface area contributed by atoms with Gasteiger partial charge in [-0.3, -0.25) is 14.3 Å². The summed E-state index contributed by atoms with van der Waals surface area (Å²) in [7, 11) is -2.67. The number of hydrogen-bond acceptors (Lipinski definition) is 17. The molecule has 2 aliphatic heterocycles. The highest BCUT2D eigenvalue weighted by Crippen LogP contribution is 2.54. The Balaban J connectivity index is 1.26. The van der Waals surface area contributed by atoms with Gasteiger partial charge in [-0.1, -0.05) is 5.21 Å². The fourth-order valence-electron chi connectivity index (χ4n) is 5.36. The van der Waals surface area contributed by atoms with Gasteiger partial charge in [0.05, 0.1) is 19.5 Å². The van der Waals surface area contributed by atoms with Crippen molar-refractivity contribution < 1.29 is 46.4 Å². The summed E-state index contributed by atoms with van der Waals surface area (Å²) in [4.78, 5) is 41.8. The van der Waals surface area contributed by atoms with Crippen molar-refractivity contribution in [2.45, 2.75) is 55.4 Å². The normalized spacial score (nSPS) is 31.1. The number of anilines is 2. The second-order valence-electron chi connectivity index (χ2n) is 10.8. The number of nitrogens with zero attached hydrogens (tertiary/aromatic N) is 8. The number of thiol groups is 1. The van der Waals surface area contributed by atoms with Gasteiger partial charge in [0.15, 0.2) is 47.4 Å². The van der Waals surface area contributed by atoms with Crippen LogP contribution in [0.25, 0.3) is 22.3 Å². The van der Waals surface area contributed by atoms with Crippen LogP contribution >= 0.6 is 26.2 Å². The highest BCUT2D eigenvalue weighted by Gasteiger charge is 2.59. The Morgan fingerprint density at radius 2 is 2.04 bits per heavy atom. The number of aliphatic hydroxyl groups excluding tert-OH is 1. The van der Waals surface area contributed by atoms with Gasteiger partial charge in [0.25, 0.3) is 5.56 Å². The molecule has 6 rings (SSSR count). The highest BCUT2D eigenvalue weighted by molar-refractivity contribution is 8.39. The second-order valence-corrected chi connectivity index (χ2v) is 15.3. The zero-order valence-corrected chi connectivity index (χ0v) is 27.4. The van der Waals surface area contributed by atoms with Gasteiger partial charge in [0.1, 0.15) is 48.1 Å². The van der Waals surface area contributed by atoms with Gasteiger partial charge in [0.2, 0.25) is 5.95 Å². The highest BCUT2D eigenvalue weighted by atomic mass is 32.7. The van der Waals surface area contributed by atoms with Crippen LogP contribution in [0.1, 0.15) is 25.8 Å². The van der Waals surface area contributed by atoms with Crippen LogP contribution in [0.2, 0.25) is 0 Å². The molecular formula is C21H26F2N11O9P2S2+. The molecule has 0 spiro atoms. The first-order chi connectivity index (χ1) is 22.2. The van der Waals surface area contributed by atoms with Crippen LogP contribution in [0.4, 0.5) is 20.5 Å². The Labute approximate surface area is 272 Å². The molecule has 7 N–H and O–H groups in total. The number of nitrogens with two attached hydrogens (primary N) is 2. The van der Waals surface area contributed by atoms with E-state index in [1.807, 2.05) is 0 Å². The van der Waals surface area contributed by atoms with Crippen molar-refractivity contribution in [2.24, 2.45) is 0 Å². The van der Waals surface area contributed by atoms with Crippen LogP contribution in [0.5, 0.6) is 0 Å². The summed E-state index contributed by atoms with van der Waals surface area (Å²) in [5.41, 5.74) is 7.07. The molecule has 6 heterocycles. The monoisotopic (exact) mass is 740 g/mol. The van der Waals surface area contributed by atoms with Crippen LogP contribution in [0, 0.1) is 0 Å². The quantitative estimate of drug-likeness (QED) is 0.0894. The first kappa shape index (κ1) is 34.0. The van der Waals surface area contributed by atoms with Crippen LogP contribution in [0.15, 0.2) is 17.4 Å². The first-order valence-corrected chi connectivity index (χ1v) is 18.3. The predicted octanol–water partition coefficient (Wildman–Crippen LogP) is 0.355. The van der Waals surface area contributed by atoms with E-state index >= 15 is 4.39 Å². The van der Waals surface area contributed by atoms with E-state index in [9.17, 15) is 23.7 Å². The third-order valence-corrected chi connectivity index (χ3v) is 9.85. The van der Waals surface area contributed by atoms with Crippen LogP contribution in [-0.4, -0.2) is 104 Å². The number of alkyl halides is 2. The summed E-state index contributed by atoms with van der Waals surface area (Å²) in [6, 6.07) is 0. The molecule has 254 valence electrons. The van der Waals surface area contributed by atoms with Crippen molar-refractivity contribution in [3.05, 3.63) is 23.0 Å². The fourth-order valence-corrected chi connectivity index (χ4v) is 7.69. The third kappa shape index (κ3) is 6.23. The molecule has 2 unspecified atom stereocenters. The molecule has 0 aromatic carbocycles. The Bertz CT molecular complexity index is 1950. The fraction of sp³-hybridized carbons (Fsp3) is 0.571. The van der Waals surface area contributed by atoms with Crippen molar-refractivity contribution in [2.75, 3.05) is 31.4 Å². The first-order valence-electron chi connectivity index (χ1n) is 13.4. The zero-order chi connectivity index (χ0) is 33.9. The number of halogens is 2. The summed E-state index contributed by atoms with van der Waals surface area (Å²) >= 11 is 8.99. The zero-order valence-electron chi connectivity index (χ0n) is 23.9. The topological polar surface area (TPSA) is 276 Å². The average Bonchev–Trinajstić information content (AvgIpc) is 3.77. The van der Waals surface area contributed by atoms with E-state index in [-0.39, 0.29) is 40.5 Å². The minimum absolute atomic E-state index is 0.0368. The number of rotatable bonds is 11. The standard InChI is InChI=1S/C21H25F2N11O9P2S2/c1-20(12(42-44(37)46)9(23)18(40-20)33-7-28-10-13(24)26-6-27-14(10)33)5-39-45(38,47)43-8-2-21(3-22,4-35)41-17(8)34-15-11(31-32-34)16(36)30-19(25)29-15/h6-9,12,17-18,35H,2-5H2,1H3,(H6-,24,25,26,27,29,30,32,36,37,38,46,47)/p+1/t8-,9+,12+,17-,18-,20-,21-,45?/m1/s1. The summed E-state index contributed by atoms with van der Waals surface area (Å²) < 4.78 is 72.7. The van der Waals surface area contributed by atoms with Crippen molar-refractivity contribution >= 4 is 72.1 Å². The molecule has 0 radical (unpaired) electrons. The van der Waals surface area contributed by atoms with Crippen LogP contribution < -0.4 is 17.0 Å². The number of hydrogen-bond donors (Lipinski definition) is 6. The molecule has 0 amide bonds. The minimum Gasteiger partial charge on any atom is -0.393 e. The number of aromatic amines is 1. The lowest BCUT2D eigenvalue weighted by molar-refractivity contribution is -0.121. The summed E-state index contributed by atoms with van der Waals surface area (Å²) in [5.74, 6) is -0.251. The lowest BCUT2D eigenvalue weighted by Gasteiger charge is -2.30. The van der Waals surface area contributed by atoms with Crippen molar-refractivity contribution in [1.29, 1.82) is 0 Å². The van der Waals surface area contributed by atoms with Gasteiger partial charge in [-0.05, 0) is 23.3 Å². The maximum Gasteiger partial charge on any atom is 0.582 e. The molecular weight excluding hydrogens is 714 g/mol. The molecule has 4 aromatic rings. The Morgan fingerprint density at radius 3 is 2.74 bits per heavy atom. The maximum atomic E-state index is 16.0. The molecule has 2 fully saturated rings. The predicted molar refractivity (Wildman–Crippen MR) is 163 cm³/mol. The lowest BCUT2D eigenvalue weighted by atomic mass is 9.99. The third-order valence-electron chi connectivity index (χ3n) is 7.59. The number of nitrogen functional groups attached to an aromatic ring is 2. The van der Waals surface area contributed by atoms with E-state index in [0.717, 1.165) is 11.0 Å². The number of aliphatic hydroxyl groups is 1. The number of ether oxygens (including phenoxy) is 2. The van der Waals surface area contributed by atoms with E-state index < -0.39 is 81.4 Å². The van der Waals surface area contributed by atoms with Gasteiger partial charge in [-0.25, -0.2) is 23.7 Å². The summed E-state index contributed by atoms with van der Waals surface area (Å²) in [6.07, 6.45) is -5.86. The van der Waals surface area contributed by atoms with Crippen LogP contribution in [0.3, 0.4) is 0 Å². The number of H-pyrrole nitrogens is 1. The van der Waals surface area contributed by atoms with E-state index in [1.165, 1.54) is 17.8 Å². The molecule has 4 aromatic heterocycles. The van der Waals surface area contributed by atoms with E-state index in [1.54, 1.807) is 0 Å². The van der Waals surface area contributed by atoms with E-state index in [0.29, 0.717) is 0 Å². The van der Waals surface area contributed by atoms with Crippen molar-refractivity contribution in [3.63, 3.8) is 0 Å². The Hall–Kier alpha value is -2.89. The Kier molecular flexibility index (Phi) is 9.06. The van der Waals surface area contributed by atoms with Gasteiger partial charge in [-0.15, -0.1) is 9.62 Å². The molecule has 0 saturated carbocycles. The molecule has 20 nitrogen and oxygen atoms in total. The van der Waals surface area contributed by atoms with Crippen LogP contribution in [-0.2, 0) is 39.4 Å².